The molecule has 0 aromatic rings. The number of rotatable bonds is 8. The van der Waals surface area contributed by atoms with Gasteiger partial charge in [-0.1, -0.05) is 6.08 Å². The predicted octanol–water partition coefficient (Wildman–Crippen LogP) is -2.86. The monoisotopic (exact) mass is 456 g/mol. The number of hydrogen-bond acceptors (Lipinski definition) is 11. The average molecular weight is 456 g/mol. The summed E-state index contributed by atoms with van der Waals surface area (Å²) in [6.45, 7) is 2.80. The van der Waals surface area contributed by atoms with Gasteiger partial charge < -0.3 is 44.8 Å². The van der Waals surface area contributed by atoms with Crippen LogP contribution in [0.4, 0.5) is 0 Å². The van der Waals surface area contributed by atoms with Crippen LogP contribution in [0.25, 0.3) is 0 Å². The first-order valence-corrected chi connectivity index (χ1v) is 10.2. The van der Waals surface area contributed by atoms with Crippen LogP contribution >= 0.6 is 0 Å². The minimum absolute atomic E-state index is 0.434. The lowest BCUT2D eigenvalue weighted by atomic mass is 9.82. The third-order valence-corrected chi connectivity index (χ3v) is 5.82. The van der Waals surface area contributed by atoms with Gasteiger partial charge in [-0.05, 0) is 6.42 Å². The molecule has 2 aliphatic heterocycles. The first-order chi connectivity index (χ1) is 13.9. The van der Waals surface area contributed by atoms with Gasteiger partial charge in [0.1, 0.15) is 24.4 Å². The van der Waals surface area contributed by atoms with E-state index >= 15 is 0 Å². The Labute approximate surface area is 171 Å². The summed E-state index contributed by atoms with van der Waals surface area (Å²) in [5, 5.41) is 58.0. The molecule has 14 heteroatoms. The molecule has 1 saturated heterocycles. The normalized spacial score (nSPS) is 38.3. The zero-order valence-corrected chi connectivity index (χ0v) is 16.3. The van der Waals surface area contributed by atoms with Crippen LogP contribution in [0.1, 0.15) is 6.42 Å². The van der Waals surface area contributed by atoms with E-state index < -0.39 is 89.0 Å². The largest absolute Gasteiger partial charge is 0.478 e. The van der Waals surface area contributed by atoms with Gasteiger partial charge >= 0.3 is 5.97 Å². The zero-order chi connectivity index (χ0) is 22.8. The predicted molar refractivity (Wildman–Crippen MR) is 94.8 cm³/mol. The summed E-state index contributed by atoms with van der Waals surface area (Å²) in [6.07, 6.45) is -8.32. The molecule has 9 atom stereocenters. The van der Waals surface area contributed by atoms with E-state index in [1.165, 1.54) is 0 Å². The maximum absolute atomic E-state index is 11.5. The molecule has 0 spiro atoms. The first-order valence-electron chi connectivity index (χ1n) is 8.74. The molecule has 0 bridgehead atoms. The molecule has 13 nitrogen and oxygen atoms in total. The summed E-state index contributed by atoms with van der Waals surface area (Å²) in [5.74, 6) is -3.84. The van der Waals surface area contributed by atoms with Gasteiger partial charge in [0.2, 0.25) is 6.29 Å². The third kappa shape index (κ3) is 5.16. The standard InChI is InChI=1S/C16H24O13S/c1-2-6-7(3-10(18)30(24,25)26)8(14(22)23)5-27-15(6)29-16-13(21)12(20)11(19)9(4-17)28-16/h2,5-7,9-13,15-21H,1,3-4H2,(H,22,23)(H,24,25,26)/t6-,7+,9-,10+,11-,12+,13-,15+,16+/m1/s1. The second-order valence-electron chi connectivity index (χ2n) is 6.84. The van der Waals surface area contributed by atoms with E-state index in [-0.39, 0.29) is 0 Å². The van der Waals surface area contributed by atoms with Gasteiger partial charge in [0, 0.05) is 11.8 Å². The van der Waals surface area contributed by atoms with Crippen molar-refractivity contribution in [2.24, 2.45) is 11.8 Å². The Balaban J connectivity index is 2.28. The van der Waals surface area contributed by atoms with Crippen molar-refractivity contribution in [3.05, 3.63) is 24.5 Å². The molecule has 0 amide bonds. The Morgan fingerprint density at radius 1 is 1.23 bits per heavy atom. The van der Waals surface area contributed by atoms with Gasteiger partial charge in [0.05, 0.1) is 18.4 Å². The Morgan fingerprint density at radius 3 is 2.37 bits per heavy atom. The summed E-state index contributed by atoms with van der Waals surface area (Å²) in [6, 6.07) is 0. The van der Waals surface area contributed by atoms with E-state index in [9.17, 15) is 43.9 Å². The Hall–Kier alpha value is -1.62. The number of aliphatic hydroxyl groups excluding tert-OH is 5. The van der Waals surface area contributed by atoms with Gasteiger partial charge in [-0.15, -0.1) is 6.58 Å². The third-order valence-electron chi connectivity index (χ3n) is 4.94. The van der Waals surface area contributed by atoms with Crippen LogP contribution in [0.15, 0.2) is 24.5 Å². The van der Waals surface area contributed by atoms with E-state index in [0.29, 0.717) is 0 Å². The zero-order valence-electron chi connectivity index (χ0n) is 15.5. The van der Waals surface area contributed by atoms with Crippen LogP contribution in [-0.2, 0) is 29.1 Å². The van der Waals surface area contributed by atoms with Gasteiger partial charge in [-0.2, -0.15) is 8.42 Å². The molecule has 2 rings (SSSR count). The molecule has 0 aromatic carbocycles. The van der Waals surface area contributed by atoms with E-state index in [0.717, 1.165) is 12.3 Å². The van der Waals surface area contributed by atoms with Crippen molar-refractivity contribution < 1.29 is 62.6 Å². The van der Waals surface area contributed by atoms with Crippen molar-refractivity contribution in [1.29, 1.82) is 0 Å². The maximum atomic E-state index is 11.5. The fraction of sp³-hybridized carbons (Fsp3) is 0.688. The highest BCUT2D eigenvalue weighted by molar-refractivity contribution is 7.86. The highest BCUT2D eigenvalue weighted by Crippen LogP contribution is 2.37. The minimum atomic E-state index is -4.89. The topological polar surface area (TPSA) is 221 Å². The van der Waals surface area contributed by atoms with Crippen LogP contribution in [-0.4, -0.2) is 98.6 Å². The molecule has 2 aliphatic rings. The number of aliphatic hydroxyl groups is 5. The lowest BCUT2D eigenvalue weighted by molar-refractivity contribution is -0.339. The second kappa shape index (κ2) is 9.67. The van der Waals surface area contributed by atoms with Crippen LogP contribution in [0.3, 0.4) is 0 Å². The molecule has 30 heavy (non-hydrogen) atoms. The first kappa shape index (κ1) is 24.6. The van der Waals surface area contributed by atoms with E-state index in [1.807, 2.05) is 0 Å². The van der Waals surface area contributed by atoms with E-state index in [2.05, 4.69) is 6.58 Å². The number of carboxylic acids is 1. The molecule has 0 radical (unpaired) electrons. The van der Waals surface area contributed by atoms with Crippen LogP contribution in [0.2, 0.25) is 0 Å². The van der Waals surface area contributed by atoms with Crippen LogP contribution in [0.5, 0.6) is 0 Å². The van der Waals surface area contributed by atoms with Crippen LogP contribution < -0.4 is 0 Å². The Morgan fingerprint density at radius 2 is 1.87 bits per heavy atom. The molecule has 0 aromatic heterocycles. The molecular weight excluding hydrogens is 432 g/mol. The van der Waals surface area contributed by atoms with Gasteiger partial charge in [-0.25, -0.2) is 4.79 Å². The molecule has 7 N–H and O–H groups in total. The minimum Gasteiger partial charge on any atom is -0.478 e. The molecule has 0 saturated carbocycles. The SMILES string of the molecule is C=C[C@H]1[C@H](O[C@@H]2O[C@H](CO)[C@@H](O)[C@H](O)[C@H]2O)OC=C(C(=O)O)[C@H]1C[C@@H](O)S(=O)(=O)O. The second-order valence-corrected chi connectivity index (χ2v) is 8.42. The van der Waals surface area contributed by atoms with E-state index in [1.54, 1.807) is 0 Å². The highest BCUT2D eigenvalue weighted by atomic mass is 32.2. The van der Waals surface area contributed by atoms with Gasteiger partial charge in [0.15, 0.2) is 11.7 Å². The lowest BCUT2D eigenvalue weighted by Crippen LogP contribution is -2.60. The van der Waals surface area contributed by atoms with Crippen molar-refractivity contribution in [2.45, 2.75) is 48.9 Å². The summed E-state index contributed by atoms with van der Waals surface area (Å²) < 4.78 is 47.2. The Kier molecular flexibility index (Phi) is 7.95. The molecular formula is C16H24O13S. The molecule has 0 aliphatic carbocycles. The summed E-state index contributed by atoms with van der Waals surface area (Å²) >= 11 is 0. The maximum Gasteiger partial charge on any atom is 0.334 e. The highest BCUT2D eigenvalue weighted by Gasteiger charge is 2.48. The number of carbonyl (C=O) groups is 1. The smallest absolute Gasteiger partial charge is 0.334 e. The quantitative estimate of drug-likeness (QED) is 0.144. The number of ether oxygens (including phenoxy) is 3. The summed E-state index contributed by atoms with van der Waals surface area (Å²) in [7, 11) is -4.89. The van der Waals surface area contributed by atoms with Crippen molar-refractivity contribution >= 4 is 16.1 Å². The Bertz CT molecular complexity index is 763. The average Bonchev–Trinajstić information content (AvgIpc) is 2.67. The van der Waals surface area contributed by atoms with Crippen molar-refractivity contribution in [2.75, 3.05) is 6.61 Å². The van der Waals surface area contributed by atoms with E-state index in [4.69, 9.17) is 18.8 Å². The lowest BCUT2D eigenvalue weighted by Gasteiger charge is -2.43. The summed E-state index contributed by atoms with van der Waals surface area (Å²) in [4.78, 5) is 11.5. The summed E-state index contributed by atoms with van der Waals surface area (Å²) in [5.41, 5.74) is -2.74. The molecule has 1 fully saturated rings. The van der Waals surface area contributed by atoms with Crippen molar-refractivity contribution in [1.82, 2.24) is 0 Å². The van der Waals surface area contributed by atoms with Crippen molar-refractivity contribution in [3.8, 4) is 0 Å². The number of aliphatic carboxylic acids is 1. The number of carboxylic acid groups (broad SMARTS) is 1. The number of hydrogen-bond donors (Lipinski definition) is 7. The van der Waals surface area contributed by atoms with Gasteiger partial charge in [-0.3, -0.25) is 4.55 Å². The molecule has 0 unspecified atom stereocenters. The van der Waals surface area contributed by atoms with Gasteiger partial charge in [0.25, 0.3) is 10.1 Å². The fourth-order valence-electron chi connectivity index (χ4n) is 3.26. The van der Waals surface area contributed by atoms with Crippen molar-refractivity contribution in [3.63, 3.8) is 0 Å². The molecule has 2 heterocycles. The molecule has 172 valence electrons. The van der Waals surface area contributed by atoms with Crippen LogP contribution in [0, 0.1) is 11.8 Å². The fourth-order valence-corrected chi connectivity index (χ4v) is 3.71.